The molecule has 148 valence electrons. The van der Waals surface area contributed by atoms with Crippen LogP contribution in [0.5, 0.6) is 0 Å². The fourth-order valence-electron chi connectivity index (χ4n) is 2.94. The number of hydrogen-bond acceptors (Lipinski definition) is 4. The second kappa shape index (κ2) is 8.00. The van der Waals surface area contributed by atoms with Crippen molar-refractivity contribution < 1.29 is 18.4 Å². The smallest absolute Gasteiger partial charge is 0.269 e. The van der Waals surface area contributed by atoms with Crippen LogP contribution in [0, 0.1) is 11.6 Å². The van der Waals surface area contributed by atoms with Gasteiger partial charge in [-0.1, -0.05) is 35.0 Å². The van der Waals surface area contributed by atoms with E-state index in [0.717, 1.165) is 5.56 Å². The normalized spacial score (nSPS) is 15.7. The minimum atomic E-state index is -0.914. The molecule has 0 bridgehead atoms. The first-order chi connectivity index (χ1) is 14.0. The number of amides is 1. The van der Waals surface area contributed by atoms with E-state index >= 15 is 0 Å². The van der Waals surface area contributed by atoms with Crippen LogP contribution in [0.1, 0.15) is 17.5 Å². The number of nitrogens with zero attached hydrogens (tertiary/aromatic N) is 3. The molecule has 1 aliphatic rings. The molecule has 2 aromatic carbocycles. The molecule has 9 heteroatoms. The van der Waals surface area contributed by atoms with Crippen LogP contribution in [0.3, 0.4) is 0 Å². The summed E-state index contributed by atoms with van der Waals surface area (Å²) in [6.45, 7) is 0.426. The van der Waals surface area contributed by atoms with Crippen molar-refractivity contribution in [3.05, 3.63) is 82.5 Å². The maximum atomic E-state index is 14.0. The van der Waals surface area contributed by atoms with E-state index in [1.165, 1.54) is 24.3 Å². The first kappa shape index (κ1) is 19.1. The van der Waals surface area contributed by atoms with E-state index in [4.69, 9.17) is 16.4 Å². The summed E-state index contributed by atoms with van der Waals surface area (Å²) in [7, 11) is 0. The Hall–Kier alpha value is -3.26. The maximum absolute atomic E-state index is 14.0. The molecule has 0 radical (unpaired) electrons. The van der Waals surface area contributed by atoms with Crippen LogP contribution in [-0.4, -0.2) is 27.5 Å². The molecule has 0 saturated carbocycles. The van der Waals surface area contributed by atoms with Crippen molar-refractivity contribution in [1.82, 2.24) is 9.78 Å². The Morgan fingerprint density at radius 1 is 1.21 bits per heavy atom. The Morgan fingerprint density at radius 3 is 2.76 bits per heavy atom. The number of anilines is 1. The fourth-order valence-corrected chi connectivity index (χ4v) is 3.21. The SMILES string of the molecule is O=C(Nc1ccn(Cc2ccc(F)cc2)n1)C1CC(c2c(F)cccc2Cl)=NO1. The van der Waals surface area contributed by atoms with E-state index < -0.39 is 17.8 Å². The molecule has 1 aromatic heterocycles. The molecule has 6 nitrogen and oxygen atoms in total. The summed E-state index contributed by atoms with van der Waals surface area (Å²) in [6.07, 6.45) is 0.862. The largest absolute Gasteiger partial charge is 0.382 e. The van der Waals surface area contributed by atoms with E-state index in [0.29, 0.717) is 12.4 Å². The highest BCUT2D eigenvalue weighted by Crippen LogP contribution is 2.26. The van der Waals surface area contributed by atoms with Gasteiger partial charge in [-0.3, -0.25) is 9.48 Å². The number of benzene rings is 2. The Labute approximate surface area is 169 Å². The summed E-state index contributed by atoms with van der Waals surface area (Å²) in [5, 5.41) is 10.9. The van der Waals surface area contributed by atoms with Crippen LogP contribution in [0.15, 0.2) is 59.9 Å². The Balaban J connectivity index is 1.37. The van der Waals surface area contributed by atoms with Gasteiger partial charge >= 0.3 is 0 Å². The minimum absolute atomic E-state index is 0.0861. The first-order valence-electron chi connectivity index (χ1n) is 8.75. The van der Waals surface area contributed by atoms with Gasteiger partial charge in [0.1, 0.15) is 11.6 Å². The first-order valence-corrected chi connectivity index (χ1v) is 9.13. The van der Waals surface area contributed by atoms with Crippen molar-refractivity contribution in [2.45, 2.75) is 19.1 Å². The van der Waals surface area contributed by atoms with Crippen molar-refractivity contribution >= 4 is 29.0 Å². The van der Waals surface area contributed by atoms with Crippen LogP contribution in [0.4, 0.5) is 14.6 Å². The molecular weight excluding hydrogens is 402 g/mol. The molecular formula is C20H15ClF2N4O2. The summed E-state index contributed by atoms with van der Waals surface area (Å²) in [5.74, 6) is -0.959. The van der Waals surface area contributed by atoms with Gasteiger partial charge in [0.2, 0.25) is 6.10 Å². The molecule has 1 aliphatic heterocycles. The molecule has 2 heterocycles. The lowest BCUT2D eigenvalue weighted by atomic mass is 10.0. The van der Waals surface area contributed by atoms with Crippen molar-refractivity contribution in [1.29, 1.82) is 0 Å². The average Bonchev–Trinajstić information content (AvgIpc) is 3.33. The molecule has 0 saturated heterocycles. The second-order valence-corrected chi connectivity index (χ2v) is 6.85. The van der Waals surface area contributed by atoms with Gasteiger partial charge in [0, 0.05) is 18.7 Å². The van der Waals surface area contributed by atoms with Gasteiger partial charge in [-0.2, -0.15) is 5.10 Å². The van der Waals surface area contributed by atoms with Crippen LogP contribution < -0.4 is 5.32 Å². The van der Waals surface area contributed by atoms with Crippen LogP contribution in [0.25, 0.3) is 0 Å². The summed E-state index contributed by atoms with van der Waals surface area (Å²) >= 11 is 6.03. The number of rotatable bonds is 5. The van der Waals surface area contributed by atoms with Crippen LogP contribution in [-0.2, 0) is 16.2 Å². The fraction of sp³-hybridized carbons (Fsp3) is 0.150. The van der Waals surface area contributed by atoms with Gasteiger partial charge in [0.05, 0.1) is 22.8 Å². The highest BCUT2D eigenvalue weighted by molar-refractivity contribution is 6.34. The number of halogens is 3. The summed E-state index contributed by atoms with van der Waals surface area (Å²) in [4.78, 5) is 17.6. The van der Waals surface area contributed by atoms with E-state index in [1.54, 1.807) is 35.1 Å². The highest BCUT2D eigenvalue weighted by Gasteiger charge is 2.31. The van der Waals surface area contributed by atoms with Gasteiger partial charge in [-0.05, 0) is 29.8 Å². The van der Waals surface area contributed by atoms with Crippen molar-refractivity contribution in [2.75, 3.05) is 5.32 Å². The molecule has 3 aromatic rings. The number of aromatic nitrogens is 2. The van der Waals surface area contributed by atoms with Crippen molar-refractivity contribution in [3.63, 3.8) is 0 Å². The monoisotopic (exact) mass is 416 g/mol. The lowest BCUT2D eigenvalue weighted by molar-refractivity contribution is -0.125. The van der Waals surface area contributed by atoms with Crippen molar-refractivity contribution in [2.24, 2.45) is 5.16 Å². The van der Waals surface area contributed by atoms with Gasteiger partial charge in [-0.25, -0.2) is 8.78 Å². The van der Waals surface area contributed by atoms with E-state index in [1.807, 2.05) is 0 Å². The third-order valence-electron chi connectivity index (χ3n) is 4.36. The maximum Gasteiger partial charge on any atom is 0.269 e. The molecule has 1 amide bonds. The van der Waals surface area contributed by atoms with Crippen LogP contribution in [0.2, 0.25) is 5.02 Å². The summed E-state index contributed by atoms with van der Waals surface area (Å²) < 4.78 is 28.6. The number of carbonyl (C=O) groups excluding carboxylic acids is 1. The topological polar surface area (TPSA) is 68.5 Å². The number of nitrogens with one attached hydrogen (secondary N) is 1. The molecule has 1 atom stereocenters. The minimum Gasteiger partial charge on any atom is -0.382 e. The standard InChI is InChI=1S/C20H15ClF2N4O2/c21-14-2-1-3-15(23)19(14)16-10-17(29-26-16)20(28)24-18-8-9-27(25-18)11-12-4-6-13(22)7-5-12/h1-9,17H,10-11H2,(H,24,25,28). The highest BCUT2D eigenvalue weighted by atomic mass is 35.5. The Bertz CT molecular complexity index is 1060. The second-order valence-electron chi connectivity index (χ2n) is 6.45. The van der Waals surface area contributed by atoms with Gasteiger partial charge < -0.3 is 10.2 Å². The van der Waals surface area contributed by atoms with Gasteiger partial charge in [-0.15, -0.1) is 0 Å². The predicted octanol–water partition coefficient (Wildman–Crippen LogP) is 3.99. The summed E-state index contributed by atoms with van der Waals surface area (Å²) in [6, 6.07) is 12.0. The zero-order valence-electron chi connectivity index (χ0n) is 15.0. The zero-order valence-corrected chi connectivity index (χ0v) is 15.7. The predicted molar refractivity (Wildman–Crippen MR) is 104 cm³/mol. The van der Waals surface area contributed by atoms with E-state index in [9.17, 15) is 13.6 Å². The van der Waals surface area contributed by atoms with Gasteiger partial charge in [0.15, 0.2) is 5.82 Å². The quantitative estimate of drug-likeness (QED) is 0.683. The molecule has 29 heavy (non-hydrogen) atoms. The number of carbonyl (C=O) groups is 1. The zero-order chi connectivity index (χ0) is 20.4. The lowest BCUT2D eigenvalue weighted by Crippen LogP contribution is -2.28. The lowest BCUT2D eigenvalue weighted by Gasteiger charge is -2.08. The van der Waals surface area contributed by atoms with Crippen LogP contribution >= 0.6 is 11.6 Å². The average molecular weight is 417 g/mol. The molecule has 1 N–H and O–H groups in total. The Kier molecular flexibility index (Phi) is 5.26. The summed E-state index contributed by atoms with van der Waals surface area (Å²) in [5.41, 5.74) is 1.27. The Morgan fingerprint density at radius 2 is 2.00 bits per heavy atom. The van der Waals surface area contributed by atoms with E-state index in [-0.39, 0.29) is 28.5 Å². The third kappa shape index (κ3) is 4.27. The van der Waals surface area contributed by atoms with E-state index in [2.05, 4.69) is 15.6 Å². The third-order valence-corrected chi connectivity index (χ3v) is 4.68. The molecule has 0 aliphatic carbocycles. The molecule has 4 rings (SSSR count). The molecule has 0 spiro atoms. The molecule has 0 fully saturated rings. The number of hydrogen-bond donors (Lipinski definition) is 1. The molecule has 1 unspecified atom stereocenters. The number of oxime groups is 1. The van der Waals surface area contributed by atoms with Crippen molar-refractivity contribution in [3.8, 4) is 0 Å². The van der Waals surface area contributed by atoms with Gasteiger partial charge in [0.25, 0.3) is 5.91 Å².